The lowest BCUT2D eigenvalue weighted by atomic mass is 10.1. The third-order valence-electron chi connectivity index (χ3n) is 3.35. The van der Waals surface area contributed by atoms with Gasteiger partial charge in [0, 0.05) is 16.3 Å². The summed E-state index contributed by atoms with van der Waals surface area (Å²) in [6.07, 6.45) is 2.97. The lowest BCUT2D eigenvalue weighted by molar-refractivity contribution is 0.0520. The van der Waals surface area contributed by atoms with Crippen LogP contribution in [-0.2, 0) is 11.2 Å². The van der Waals surface area contributed by atoms with Gasteiger partial charge in [0.25, 0.3) is 0 Å². The summed E-state index contributed by atoms with van der Waals surface area (Å²) >= 11 is 5.91. The summed E-state index contributed by atoms with van der Waals surface area (Å²) in [7, 11) is 0. The van der Waals surface area contributed by atoms with Crippen molar-refractivity contribution in [3.63, 3.8) is 0 Å². The minimum atomic E-state index is -0.308. The molecule has 0 atom stereocenters. The van der Waals surface area contributed by atoms with E-state index in [0.717, 1.165) is 28.8 Å². The topological polar surface area (TPSA) is 42.1 Å². The van der Waals surface area contributed by atoms with Gasteiger partial charge in [-0.05, 0) is 42.7 Å². The van der Waals surface area contributed by atoms with Crippen LogP contribution in [0.2, 0.25) is 5.02 Å². The van der Waals surface area contributed by atoms with E-state index in [2.05, 4.69) is 11.1 Å². The first-order valence-corrected chi connectivity index (χ1v) is 6.92. The van der Waals surface area contributed by atoms with Gasteiger partial charge in [-0.3, -0.25) is 0 Å². The van der Waals surface area contributed by atoms with Gasteiger partial charge in [0.05, 0.1) is 6.61 Å². The fourth-order valence-electron chi connectivity index (χ4n) is 2.42. The van der Waals surface area contributed by atoms with Crippen LogP contribution in [0.25, 0.3) is 5.57 Å². The van der Waals surface area contributed by atoms with Crippen molar-refractivity contribution in [2.75, 3.05) is 6.61 Å². The normalized spacial score (nSPS) is 13.0. The second-order valence-corrected chi connectivity index (χ2v) is 5.07. The lowest BCUT2D eigenvalue weighted by Crippen LogP contribution is -2.05. The van der Waals surface area contributed by atoms with Crippen LogP contribution in [-0.4, -0.2) is 17.6 Å². The number of hydrogen-bond donors (Lipinski definition) is 1. The molecule has 1 aromatic heterocycles. The highest BCUT2D eigenvalue weighted by molar-refractivity contribution is 6.30. The predicted octanol–water partition coefficient (Wildman–Crippen LogP) is 3.83. The Kier molecular flexibility index (Phi) is 3.36. The molecule has 3 rings (SSSR count). The van der Waals surface area contributed by atoms with Gasteiger partial charge in [-0.25, -0.2) is 4.79 Å². The molecular weight excluding hydrogens is 274 g/mol. The van der Waals surface area contributed by atoms with Crippen LogP contribution in [0.15, 0.2) is 36.4 Å². The number of carbonyl (C=O) groups excluding carboxylic acids is 1. The highest BCUT2D eigenvalue weighted by Gasteiger charge is 2.21. The van der Waals surface area contributed by atoms with Crippen LogP contribution in [0.1, 0.15) is 34.2 Å². The molecule has 20 heavy (non-hydrogen) atoms. The number of allylic oxidation sites excluding steroid dienone is 1. The molecule has 1 heterocycles. The zero-order chi connectivity index (χ0) is 14.1. The summed E-state index contributed by atoms with van der Waals surface area (Å²) in [6.45, 7) is 2.18. The fraction of sp³-hybridized carbons (Fsp3) is 0.188. The van der Waals surface area contributed by atoms with Gasteiger partial charge in [-0.1, -0.05) is 29.8 Å². The smallest absolute Gasteiger partial charge is 0.354 e. The van der Waals surface area contributed by atoms with Crippen LogP contribution in [0, 0.1) is 0 Å². The van der Waals surface area contributed by atoms with Crippen LogP contribution < -0.4 is 0 Å². The number of halogens is 1. The Hall–Kier alpha value is -2.00. The number of rotatable bonds is 3. The van der Waals surface area contributed by atoms with Gasteiger partial charge >= 0.3 is 5.97 Å². The number of nitrogens with one attached hydrogen (secondary N) is 1. The van der Waals surface area contributed by atoms with Crippen LogP contribution in [0.5, 0.6) is 0 Å². The van der Waals surface area contributed by atoms with E-state index in [1.165, 1.54) is 0 Å². The Morgan fingerprint density at radius 1 is 1.35 bits per heavy atom. The van der Waals surface area contributed by atoms with Crippen LogP contribution in [0.3, 0.4) is 0 Å². The highest BCUT2D eigenvalue weighted by atomic mass is 35.5. The van der Waals surface area contributed by atoms with Crippen molar-refractivity contribution in [3.8, 4) is 0 Å². The molecule has 0 saturated heterocycles. The number of hydrogen-bond acceptors (Lipinski definition) is 2. The largest absolute Gasteiger partial charge is 0.461 e. The Balaban J connectivity index is 1.93. The van der Waals surface area contributed by atoms with E-state index >= 15 is 0 Å². The summed E-state index contributed by atoms with van der Waals surface area (Å²) in [5.41, 5.74) is 4.82. The van der Waals surface area contributed by atoms with Crippen molar-refractivity contribution < 1.29 is 9.53 Å². The standard InChI is InChI=1S/C16H14ClNO2/c1-2-20-16(19)14-9-11-5-8-13(15(11)18-14)10-3-6-12(17)7-4-10/h3-4,6-9,18H,2,5H2,1H3. The van der Waals surface area contributed by atoms with Gasteiger partial charge in [-0.15, -0.1) is 0 Å². The Morgan fingerprint density at radius 2 is 2.10 bits per heavy atom. The first-order chi connectivity index (χ1) is 9.69. The molecule has 1 aromatic carbocycles. The van der Waals surface area contributed by atoms with Crippen molar-refractivity contribution in [1.29, 1.82) is 0 Å². The Morgan fingerprint density at radius 3 is 2.80 bits per heavy atom. The van der Waals surface area contributed by atoms with Crippen LogP contribution in [0.4, 0.5) is 0 Å². The SMILES string of the molecule is CCOC(=O)c1cc2c([nH]1)C(c1ccc(Cl)cc1)=CC2. The third-order valence-corrected chi connectivity index (χ3v) is 3.60. The molecule has 0 aliphatic heterocycles. The second kappa shape index (κ2) is 5.17. The van der Waals surface area contributed by atoms with Gasteiger partial charge in [0.1, 0.15) is 5.69 Å². The van der Waals surface area contributed by atoms with Gasteiger partial charge in [0.2, 0.25) is 0 Å². The lowest BCUT2D eigenvalue weighted by Gasteiger charge is -2.04. The van der Waals surface area contributed by atoms with Gasteiger partial charge < -0.3 is 9.72 Å². The molecular formula is C16H14ClNO2. The zero-order valence-electron chi connectivity index (χ0n) is 11.1. The molecule has 1 N–H and O–H groups in total. The van der Waals surface area contributed by atoms with E-state index in [9.17, 15) is 4.79 Å². The number of esters is 1. The number of aromatic nitrogens is 1. The minimum Gasteiger partial charge on any atom is -0.461 e. The molecule has 0 radical (unpaired) electrons. The molecule has 4 heteroatoms. The van der Waals surface area contributed by atoms with Crippen molar-refractivity contribution in [3.05, 3.63) is 63.9 Å². The van der Waals surface area contributed by atoms with E-state index in [0.29, 0.717) is 17.3 Å². The molecule has 0 bridgehead atoms. The van der Waals surface area contributed by atoms with Crippen molar-refractivity contribution in [2.45, 2.75) is 13.3 Å². The highest BCUT2D eigenvalue weighted by Crippen LogP contribution is 2.33. The summed E-state index contributed by atoms with van der Waals surface area (Å²) < 4.78 is 5.01. The molecule has 1 aliphatic carbocycles. The number of fused-ring (bicyclic) bond motifs is 1. The zero-order valence-corrected chi connectivity index (χ0v) is 11.8. The summed E-state index contributed by atoms with van der Waals surface area (Å²) in [4.78, 5) is 14.9. The molecule has 3 nitrogen and oxygen atoms in total. The number of carbonyl (C=O) groups is 1. The maximum absolute atomic E-state index is 11.7. The maximum Gasteiger partial charge on any atom is 0.354 e. The number of aromatic amines is 1. The van der Waals surface area contributed by atoms with Gasteiger partial charge in [-0.2, -0.15) is 0 Å². The monoisotopic (exact) mass is 287 g/mol. The second-order valence-electron chi connectivity index (χ2n) is 4.63. The van der Waals surface area contributed by atoms with Crippen LogP contribution >= 0.6 is 11.6 Å². The van der Waals surface area contributed by atoms with Gasteiger partial charge in [0.15, 0.2) is 0 Å². The summed E-state index contributed by atoms with van der Waals surface area (Å²) in [6, 6.07) is 9.56. The molecule has 0 unspecified atom stereocenters. The molecule has 0 saturated carbocycles. The van der Waals surface area contributed by atoms with E-state index in [-0.39, 0.29) is 5.97 Å². The third kappa shape index (κ3) is 2.25. The maximum atomic E-state index is 11.7. The van der Waals surface area contributed by atoms with E-state index < -0.39 is 0 Å². The Bertz CT molecular complexity index is 683. The molecule has 102 valence electrons. The van der Waals surface area contributed by atoms with Crippen molar-refractivity contribution in [1.82, 2.24) is 4.98 Å². The van der Waals surface area contributed by atoms with E-state index in [4.69, 9.17) is 16.3 Å². The van der Waals surface area contributed by atoms with Crippen molar-refractivity contribution in [2.24, 2.45) is 0 Å². The Labute approximate surface area is 122 Å². The van der Waals surface area contributed by atoms with E-state index in [1.807, 2.05) is 30.3 Å². The molecule has 0 fully saturated rings. The fourth-order valence-corrected chi connectivity index (χ4v) is 2.55. The minimum absolute atomic E-state index is 0.308. The average Bonchev–Trinajstić information content (AvgIpc) is 3.00. The molecule has 0 amide bonds. The molecule has 1 aliphatic rings. The molecule has 0 spiro atoms. The first-order valence-electron chi connectivity index (χ1n) is 6.54. The summed E-state index contributed by atoms with van der Waals surface area (Å²) in [5, 5.41) is 0.714. The number of ether oxygens (including phenoxy) is 1. The van der Waals surface area contributed by atoms with Crippen molar-refractivity contribution >= 4 is 23.1 Å². The first kappa shape index (κ1) is 13.0. The van der Waals surface area contributed by atoms with E-state index in [1.54, 1.807) is 6.92 Å². The number of benzene rings is 1. The number of H-pyrrole nitrogens is 1. The molecule has 2 aromatic rings. The summed E-state index contributed by atoms with van der Waals surface area (Å²) in [5.74, 6) is -0.308. The predicted molar refractivity (Wildman–Crippen MR) is 79.0 cm³/mol. The average molecular weight is 288 g/mol. The quantitative estimate of drug-likeness (QED) is 0.872.